The Labute approximate surface area is 92.7 Å². The first-order valence-corrected chi connectivity index (χ1v) is 5.11. The molecule has 0 aliphatic carbocycles. The minimum absolute atomic E-state index is 0.0339. The molecule has 88 valence electrons. The van der Waals surface area contributed by atoms with E-state index in [-0.39, 0.29) is 29.8 Å². The summed E-state index contributed by atoms with van der Waals surface area (Å²) in [4.78, 5) is 22.3. The Hall–Kier alpha value is -1.69. The molecule has 6 heteroatoms. The molecule has 0 spiro atoms. The SMILES string of the molecule is CC(CCCO)NC(=O)c1ccc(=O)[nH]n1. The van der Waals surface area contributed by atoms with Gasteiger partial charge in [-0.2, -0.15) is 5.10 Å². The van der Waals surface area contributed by atoms with E-state index in [0.717, 1.165) is 0 Å². The van der Waals surface area contributed by atoms with E-state index in [0.29, 0.717) is 12.8 Å². The van der Waals surface area contributed by atoms with Crippen LogP contribution in [0.2, 0.25) is 0 Å². The molecule has 1 atom stereocenters. The van der Waals surface area contributed by atoms with E-state index in [1.54, 1.807) is 0 Å². The van der Waals surface area contributed by atoms with Crippen molar-refractivity contribution in [1.82, 2.24) is 15.5 Å². The summed E-state index contributed by atoms with van der Waals surface area (Å²) in [7, 11) is 0. The second kappa shape index (κ2) is 6.02. The Kier molecular flexibility index (Phi) is 4.65. The van der Waals surface area contributed by atoms with Crippen molar-refractivity contribution in [3.63, 3.8) is 0 Å². The summed E-state index contributed by atoms with van der Waals surface area (Å²) in [5, 5.41) is 17.2. The smallest absolute Gasteiger partial charge is 0.271 e. The summed E-state index contributed by atoms with van der Waals surface area (Å²) in [6.45, 7) is 1.95. The minimum atomic E-state index is -0.343. The highest BCUT2D eigenvalue weighted by Gasteiger charge is 2.10. The Morgan fingerprint density at radius 2 is 2.38 bits per heavy atom. The fourth-order valence-corrected chi connectivity index (χ4v) is 1.24. The first-order chi connectivity index (χ1) is 7.63. The second-order valence-corrected chi connectivity index (χ2v) is 3.55. The number of nitrogens with one attached hydrogen (secondary N) is 2. The van der Waals surface area contributed by atoms with E-state index in [9.17, 15) is 9.59 Å². The van der Waals surface area contributed by atoms with E-state index in [1.165, 1.54) is 12.1 Å². The maximum absolute atomic E-state index is 11.6. The molecule has 3 N–H and O–H groups in total. The largest absolute Gasteiger partial charge is 0.396 e. The first-order valence-electron chi connectivity index (χ1n) is 5.11. The Bertz CT molecular complexity index is 382. The van der Waals surface area contributed by atoms with Crippen molar-refractivity contribution >= 4 is 5.91 Å². The number of carbonyl (C=O) groups is 1. The monoisotopic (exact) mass is 225 g/mol. The van der Waals surface area contributed by atoms with Gasteiger partial charge in [0, 0.05) is 18.7 Å². The van der Waals surface area contributed by atoms with Crippen LogP contribution in [0.4, 0.5) is 0 Å². The average molecular weight is 225 g/mol. The molecule has 16 heavy (non-hydrogen) atoms. The van der Waals surface area contributed by atoms with Crippen molar-refractivity contribution in [3.05, 3.63) is 28.2 Å². The van der Waals surface area contributed by atoms with Crippen molar-refractivity contribution in [2.45, 2.75) is 25.8 Å². The predicted molar refractivity (Wildman–Crippen MR) is 58.1 cm³/mol. The van der Waals surface area contributed by atoms with Gasteiger partial charge in [0.25, 0.3) is 11.5 Å². The summed E-state index contributed by atoms with van der Waals surface area (Å²) in [5.74, 6) is -0.332. The zero-order valence-corrected chi connectivity index (χ0v) is 9.06. The fraction of sp³-hybridized carbons (Fsp3) is 0.500. The molecule has 1 aromatic rings. The quantitative estimate of drug-likeness (QED) is 0.639. The highest BCUT2D eigenvalue weighted by molar-refractivity contribution is 5.92. The van der Waals surface area contributed by atoms with Crippen LogP contribution in [0.1, 0.15) is 30.3 Å². The molecule has 0 aliphatic rings. The molecular formula is C10H15N3O3. The normalized spacial score (nSPS) is 12.1. The number of aliphatic hydroxyl groups excluding tert-OH is 1. The van der Waals surface area contributed by atoms with Gasteiger partial charge >= 0.3 is 0 Å². The van der Waals surface area contributed by atoms with Crippen LogP contribution in [0, 0.1) is 0 Å². The number of aliphatic hydroxyl groups is 1. The molecule has 0 saturated carbocycles. The summed E-state index contributed by atoms with van der Waals surface area (Å²) in [5.41, 5.74) is -0.166. The van der Waals surface area contributed by atoms with E-state index in [2.05, 4.69) is 15.5 Å². The molecule has 0 fully saturated rings. The number of nitrogens with zero attached hydrogens (tertiary/aromatic N) is 1. The Balaban J connectivity index is 2.52. The van der Waals surface area contributed by atoms with Gasteiger partial charge in [-0.3, -0.25) is 9.59 Å². The summed E-state index contributed by atoms with van der Waals surface area (Å²) in [6, 6.07) is 2.58. The Morgan fingerprint density at radius 3 is 2.94 bits per heavy atom. The van der Waals surface area contributed by atoms with Gasteiger partial charge in [0.2, 0.25) is 0 Å². The minimum Gasteiger partial charge on any atom is -0.396 e. The molecule has 0 saturated heterocycles. The van der Waals surface area contributed by atoms with Crippen LogP contribution >= 0.6 is 0 Å². The maximum Gasteiger partial charge on any atom is 0.271 e. The molecule has 1 aromatic heterocycles. The summed E-state index contributed by atoms with van der Waals surface area (Å²) in [6.07, 6.45) is 1.34. The van der Waals surface area contributed by atoms with Crippen LogP contribution in [0.5, 0.6) is 0 Å². The molecule has 0 bridgehead atoms. The van der Waals surface area contributed by atoms with Crippen molar-refractivity contribution in [3.8, 4) is 0 Å². The number of hydrogen-bond acceptors (Lipinski definition) is 4. The topological polar surface area (TPSA) is 95.1 Å². The van der Waals surface area contributed by atoms with Crippen LogP contribution in [-0.2, 0) is 0 Å². The molecule has 0 aliphatic heterocycles. The highest BCUT2D eigenvalue weighted by atomic mass is 16.3. The number of aromatic nitrogens is 2. The summed E-state index contributed by atoms with van der Waals surface area (Å²) < 4.78 is 0. The standard InChI is InChI=1S/C10H15N3O3/c1-7(3-2-6-14)11-10(16)8-4-5-9(15)13-12-8/h4-5,7,14H,2-3,6H2,1H3,(H,11,16)(H,13,15). The van der Waals surface area contributed by atoms with Crippen LogP contribution in [-0.4, -0.2) is 33.9 Å². The third kappa shape index (κ3) is 3.82. The van der Waals surface area contributed by atoms with Gasteiger partial charge in [-0.25, -0.2) is 5.10 Å². The molecule has 1 unspecified atom stereocenters. The van der Waals surface area contributed by atoms with Crippen LogP contribution in [0.3, 0.4) is 0 Å². The number of aromatic amines is 1. The second-order valence-electron chi connectivity index (χ2n) is 3.55. The third-order valence-corrected chi connectivity index (χ3v) is 2.08. The van der Waals surface area contributed by atoms with E-state index in [1.807, 2.05) is 6.92 Å². The lowest BCUT2D eigenvalue weighted by atomic mass is 10.2. The van der Waals surface area contributed by atoms with E-state index in [4.69, 9.17) is 5.11 Å². The number of rotatable bonds is 5. The maximum atomic E-state index is 11.6. The number of H-pyrrole nitrogens is 1. The molecule has 1 heterocycles. The van der Waals surface area contributed by atoms with E-state index < -0.39 is 0 Å². The van der Waals surface area contributed by atoms with Gasteiger partial charge in [-0.05, 0) is 25.8 Å². The van der Waals surface area contributed by atoms with Gasteiger partial charge in [0.15, 0.2) is 0 Å². The van der Waals surface area contributed by atoms with Crippen molar-refractivity contribution < 1.29 is 9.90 Å². The lowest BCUT2D eigenvalue weighted by Gasteiger charge is -2.12. The van der Waals surface area contributed by atoms with Crippen LogP contribution in [0.15, 0.2) is 16.9 Å². The lowest BCUT2D eigenvalue weighted by Crippen LogP contribution is -2.33. The molecule has 6 nitrogen and oxygen atoms in total. The zero-order valence-electron chi connectivity index (χ0n) is 9.06. The van der Waals surface area contributed by atoms with E-state index >= 15 is 0 Å². The first kappa shape index (κ1) is 12.4. The van der Waals surface area contributed by atoms with Gasteiger partial charge < -0.3 is 10.4 Å². The number of carbonyl (C=O) groups excluding carboxylic acids is 1. The zero-order chi connectivity index (χ0) is 12.0. The molecule has 0 aromatic carbocycles. The van der Waals surface area contributed by atoms with Gasteiger partial charge in [0.05, 0.1) is 0 Å². The lowest BCUT2D eigenvalue weighted by molar-refractivity contribution is 0.0930. The summed E-state index contributed by atoms with van der Waals surface area (Å²) >= 11 is 0. The van der Waals surface area contributed by atoms with Gasteiger partial charge in [-0.1, -0.05) is 0 Å². The fourth-order valence-electron chi connectivity index (χ4n) is 1.24. The number of hydrogen-bond donors (Lipinski definition) is 3. The van der Waals surface area contributed by atoms with Crippen molar-refractivity contribution in [2.75, 3.05) is 6.61 Å². The van der Waals surface area contributed by atoms with Crippen LogP contribution < -0.4 is 10.9 Å². The van der Waals surface area contributed by atoms with Crippen molar-refractivity contribution in [2.24, 2.45) is 0 Å². The number of amides is 1. The predicted octanol–water partition coefficient (Wildman–Crippen LogP) is -0.339. The Morgan fingerprint density at radius 1 is 1.62 bits per heavy atom. The third-order valence-electron chi connectivity index (χ3n) is 2.08. The molecular weight excluding hydrogens is 210 g/mol. The average Bonchev–Trinajstić information content (AvgIpc) is 2.27. The van der Waals surface area contributed by atoms with Crippen molar-refractivity contribution in [1.29, 1.82) is 0 Å². The molecule has 1 amide bonds. The van der Waals surface area contributed by atoms with Gasteiger partial charge in [-0.15, -0.1) is 0 Å². The molecule has 0 radical (unpaired) electrons. The van der Waals surface area contributed by atoms with Crippen LogP contribution in [0.25, 0.3) is 0 Å². The van der Waals surface area contributed by atoms with Gasteiger partial charge in [0.1, 0.15) is 5.69 Å². The molecule has 1 rings (SSSR count). The highest BCUT2D eigenvalue weighted by Crippen LogP contribution is 1.97.